The molecule has 3 heterocycles. The van der Waals surface area contributed by atoms with E-state index in [1.807, 2.05) is 16.7 Å². The molecular weight excluding hydrogens is 446 g/mol. The van der Waals surface area contributed by atoms with Crippen molar-refractivity contribution >= 4 is 29.3 Å². The number of aromatic nitrogens is 3. The predicted octanol–water partition coefficient (Wildman–Crippen LogP) is 3.28. The number of amides is 1. The fourth-order valence-corrected chi connectivity index (χ4v) is 4.45. The van der Waals surface area contributed by atoms with Crippen LogP contribution in [-0.4, -0.2) is 60.8 Å². The highest BCUT2D eigenvalue weighted by molar-refractivity contribution is 7.99. The Morgan fingerprint density at radius 3 is 2.45 bits per heavy atom. The van der Waals surface area contributed by atoms with Gasteiger partial charge < -0.3 is 28.8 Å². The molecule has 0 atom stereocenters. The second-order valence-corrected chi connectivity index (χ2v) is 8.34. The summed E-state index contributed by atoms with van der Waals surface area (Å²) in [7, 11) is 4.59. The number of anilines is 2. The molecule has 0 spiro atoms. The lowest BCUT2D eigenvalue weighted by molar-refractivity contribution is -0.113. The van der Waals surface area contributed by atoms with E-state index in [0.717, 1.165) is 37.6 Å². The number of furan rings is 1. The summed E-state index contributed by atoms with van der Waals surface area (Å²) < 4.78 is 23.6. The van der Waals surface area contributed by atoms with Gasteiger partial charge in [-0.2, -0.15) is 0 Å². The maximum absolute atomic E-state index is 12.7. The quantitative estimate of drug-likeness (QED) is 0.444. The second kappa shape index (κ2) is 10.5. The first kappa shape index (κ1) is 22.8. The lowest BCUT2D eigenvalue weighted by Crippen LogP contribution is -2.22. The summed E-state index contributed by atoms with van der Waals surface area (Å²) in [4.78, 5) is 14.9. The summed E-state index contributed by atoms with van der Waals surface area (Å²) in [6, 6.07) is 7.15. The number of benzene rings is 1. The predicted molar refractivity (Wildman–Crippen MR) is 125 cm³/mol. The van der Waals surface area contributed by atoms with E-state index in [0.29, 0.717) is 34.6 Å². The van der Waals surface area contributed by atoms with Crippen LogP contribution in [0.1, 0.15) is 18.6 Å². The van der Waals surface area contributed by atoms with Crippen molar-refractivity contribution in [1.82, 2.24) is 14.8 Å². The molecule has 176 valence electrons. The first-order valence-electron chi connectivity index (χ1n) is 10.6. The highest BCUT2D eigenvalue weighted by atomic mass is 32.2. The minimum Gasteiger partial charge on any atom is -0.493 e. The third-order valence-corrected chi connectivity index (χ3v) is 6.23. The molecule has 0 saturated carbocycles. The van der Waals surface area contributed by atoms with E-state index in [1.165, 1.54) is 33.1 Å². The normalized spacial score (nSPS) is 13.2. The van der Waals surface area contributed by atoms with E-state index in [2.05, 4.69) is 20.4 Å². The number of hydrogen-bond donors (Lipinski definition) is 1. The Balaban J connectivity index is 1.47. The zero-order chi connectivity index (χ0) is 23.2. The molecule has 0 radical (unpaired) electrons. The van der Waals surface area contributed by atoms with Gasteiger partial charge in [-0.1, -0.05) is 11.8 Å². The zero-order valence-electron chi connectivity index (χ0n) is 18.9. The van der Waals surface area contributed by atoms with Crippen molar-refractivity contribution in [2.24, 2.45) is 0 Å². The van der Waals surface area contributed by atoms with E-state index < -0.39 is 0 Å². The smallest absolute Gasteiger partial charge is 0.234 e. The summed E-state index contributed by atoms with van der Waals surface area (Å²) in [5.41, 5.74) is 0.546. The average molecular weight is 474 g/mol. The molecule has 10 nitrogen and oxygen atoms in total. The number of carbonyl (C=O) groups excluding carboxylic acids is 1. The second-order valence-electron chi connectivity index (χ2n) is 7.39. The highest BCUT2D eigenvalue weighted by Gasteiger charge is 2.23. The van der Waals surface area contributed by atoms with Gasteiger partial charge in [0.25, 0.3) is 0 Å². The van der Waals surface area contributed by atoms with E-state index in [4.69, 9.17) is 18.6 Å². The SMILES string of the molecule is COc1cc(NC(=O)CSc2nnc(N3CCCC3)n2Cc2ccco2)cc(OC)c1OC. The molecule has 1 saturated heterocycles. The van der Waals surface area contributed by atoms with Gasteiger partial charge in [0.05, 0.1) is 39.9 Å². The van der Waals surface area contributed by atoms with Crippen LogP contribution < -0.4 is 24.4 Å². The molecule has 1 amide bonds. The van der Waals surface area contributed by atoms with Crippen molar-refractivity contribution in [2.45, 2.75) is 24.5 Å². The van der Waals surface area contributed by atoms with Gasteiger partial charge in [-0.3, -0.25) is 9.36 Å². The van der Waals surface area contributed by atoms with Crippen LogP contribution in [0.3, 0.4) is 0 Å². The van der Waals surface area contributed by atoms with Gasteiger partial charge in [0.1, 0.15) is 5.76 Å². The van der Waals surface area contributed by atoms with Crippen molar-refractivity contribution in [2.75, 3.05) is 50.4 Å². The number of methoxy groups -OCH3 is 3. The number of ether oxygens (including phenoxy) is 3. The molecular formula is C22H27N5O5S. The van der Waals surface area contributed by atoms with E-state index in [1.54, 1.807) is 18.4 Å². The van der Waals surface area contributed by atoms with Gasteiger partial charge in [-0.25, -0.2) is 0 Å². The Bertz CT molecular complexity index is 1050. The van der Waals surface area contributed by atoms with Crippen LogP contribution in [0.2, 0.25) is 0 Å². The van der Waals surface area contributed by atoms with Crippen molar-refractivity contribution in [3.63, 3.8) is 0 Å². The fraction of sp³-hybridized carbons (Fsp3) is 0.409. The van der Waals surface area contributed by atoms with Crippen LogP contribution in [0, 0.1) is 0 Å². The Morgan fingerprint density at radius 1 is 1.12 bits per heavy atom. The number of carbonyl (C=O) groups is 1. The molecule has 1 fully saturated rings. The number of thioether (sulfide) groups is 1. The Kier molecular flexibility index (Phi) is 7.28. The molecule has 2 aromatic heterocycles. The number of nitrogens with one attached hydrogen (secondary N) is 1. The molecule has 1 aliphatic heterocycles. The molecule has 3 aromatic rings. The summed E-state index contributed by atoms with van der Waals surface area (Å²) in [5.74, 6) is 2.97. The van der Waals surface area contributed by atoms with Gasteiger partial charge in [0, 0.05) is 30.9 Å². The summed E-state index contributed by atoms with van der Waals surface area (Å²) >= 11 is 1.33. The van der Waals surface area contributed by atoms with Crippen LogP contribution in [-0.2, 0) is 11.3 Å². The van der Waals surface area contributed by atoms with Gasteiger partial charge in [0.2, 0.25) is 17.6 Å². The first-order valence-corrected chi connectivity index (χ1v) is 11.5. The van der Waals surface area contributed by atoms with E-state index in [-0.39, 0.29) is 11.7 Å². The highest BCUT2D eigenvalue weighted by Crippen LogP contribution is 2.40. The zero-order valence-corrected chi connectivity index (χ0v) is 19.7. The van der Waals surface area contributed by atoms with Gasteiger partial charge in [-0.15, -0.1) is 10.2 Å². The molecule has 0 bridgehead atoms. The van der Waals surface area contributed by atoms with Crippen molar-refractivity contribution in [1.29, 1.82) is 0 Å². The van der Waals surface area contributed by atoms with Crippen LogP contribution in [0.25, 0.3) is 0 Å². The number of hydrogen-bond acceptors (Lipinski definition) is 9. The standard InChI is InChI=1S/C22H27N5O5S/c1-29-17-11-15(12-18(30-2)20(17)31-3)23-19(28)14-33-22-25-24-21(26-8-4-5-9-26)27(22)13-16-7-6-10-32-16/h6-7,10-12H,4-5,8-9,13-14H2,1-3H3,(H,23,28). The van der Waals surface area contributed by atoms with Gasteiger partial charge >= 0.3 is 0 Å². The summed E-state index contributed by atoms with van der Waals surface area (Å²) in [6.07, 6.45) is 3.91. The van der Waals surface area contributed by atoms with Crippen molar-refractivity contribution in [3.8, 4) is 17.2 Å². The minimum absolute atomic E-state index is 0.160. The minimum atomic E-state index is -0.190. The average Bonchev–Trinajstić information content (AvgIpc) is 3.60. The van der Waals surface area contributed by atoms with Crippen LogP contribution in [0.4, 0.5) is 11.6 Å². The molecule has 1 aromatic carbocycles. The third-order valence-electron chi connectivity index (χ3n) is 5.26. The summed E-state index contributed by atoms with van der Waals surface area (Å²) in [5, 5.41) is 12.3. The maximum Gasteiger partial charge on any atom is 0.234 e. The van der Waals surface area contributed by atoms with E-state index in [9.17, 15) is 4.79 Å². The van der Waals surface area contributed by atoms with Crippen LogP contribution in [0.15, 0.2) is 40.1 Å². The first-order chi connectivity index (χ1) is 16.1. The fourth-order valence-electron chi connectivity index (χ4n) is 3.72. The Hall–Kier alpha value is -3.34. The van der Waals surface area contributed by atoms with Crippen LogP contribution in [0.5, 0.6) is 17.2 Å². The summed E-state index contributed by atoms with van der Waals surface area (Å²) in [6.45, 7) is 2.40. The van der Waals surface area contributed by atoms with Gasteiger partial charge in [0.15, 0.2) is 16.7 Å². The molecule has 1 aliphatic rings. The van der Waals surface area contributed by atoms with E-state index >= 15 is 0 Å². The topological polar surface area (TPSA) is 104 Å². The molecule has 4 rings (SSSR count). The Labute approximate surface area is 196 Å². The molecule has 0 aliphatic carbocycles. The number of nitrogens with zero attached hydrogens (tertiary/aromatic N) is 4. The van der Waals surface area contributed by atoms with Crippen molar-refractivity contribution < 1.29 is 23.4 Å². The molecule has 11 heteroatoms. The molecule has 0 unspecified atom stereocenters. The molecule has 1 N–H and O–H groups in total. The lowest BCUT2D eigenvalue weighted by atomic mass is 10.2. The van der Waals surface area contributed by atoms with Crippen molar-refractivity contribution in [3.05, 3.63) is 36.3 Å². The monoisotopic (exact) mass is 473 g/mol. The third kappa shape index (κ3) is 5.19. The lowest BCUT2D eigenvalue weighted by Gasteiger charge is -2.17. The maximum atomic E-state index is 12.7. The van der Waals surface area contributed by atoms with Gasteiger partial charge in [-0.05, 0) is 25.0 Å². The molecule has 33 heavy (non-hydrogen) atoms. The van der Waals surface area contributed by atoms with Crippen LogP contribution >= 0.6 is 11.8 Å². The largest absolute Gasteiger partial charge is 0.493 e. The number of rotatable bonds is 10. The Morgan fingerprint density at radius 2 is 1.85 bits per heavy atom.